The Labute approximate surface area is 197 Å². The molecular formula is C23H25Cl2FN6. The number of halogens is 3. The van der Waals surface area contributed by atoms with E-state index in [4.69, 9.17) is 23.2 Å². The van der Waals surface area contributed by atoms with Crippen molar-refractivity contribution in [1.29, 1.82) is 0 Å². The number of benzene rings is 1. The van der Waals surface area contributed by atoms with Gasteiger partial charge in [0, 0.05) is 36.0 Å². The molecule has 0 saturated carbocycles. The maximum Gasteiger partial charge on any atom is 0.142 e. The van der Waals surface area contributed by atoms with Crippen molar-refractivity contribution in [3.8, 4) is 0 Å². The molecule has 1 saturated heterocycles. The van der Waals surface area contributed by atoms with Crippen LogP contribution in [-0.4, -0.2) is 53.2 Å². The van der Waals surface area contributed by atoms with Crippen LogP contribution in [0.4, 0.5) is 10.1 Å². The van der Waals surface area contributed by atoms with Gasteiger partial charge in [0.05, 0.1) is 33.9 Å². The van der Waals surface area contributed by atoms with E-state index in [0.717, 1.165) is 67.4 Å². The Balaban J connectivity index is 1.42. The molecule has 32 heavy (non-hydrogen) atoms. The summed E-state index contributed by atoms with van der Waals surface area (Å²) >= 11 is 12.7. The average Bonchev–Trinajstić information content (AvgIpc) is 3.45. The number of aromatic nitrogens is 2. The standard InChI is InChI=1S/C23H25Cl2FN6/c1-13(22-15(24)5-6-16(26)23(22)25)32-8-3-4-17-21(32)11-20(30-27-17)19-10-18(28-29-19)14-7-9-31(2)12-14/h5-6,11,13-14H,3-4,7-10,12H2,1-2H3/t13-,14?/m1/s1. The SMILES string of the molecule is C[C@H](c1c(Cl)ccc(F)c1Cl)N1CCCc2nnc(C3=NN=C(C4CCN(C)C4)C3)cc21. The van der Waals surface area contributed by atoms with Crippen LogP contribution in [0.1, 0.15) is 49.2 Å². The van der Waals surface area contributed by atoms with Crippen LogP contribution in [0.25, 0.3) is 0 Å². The summed E-state index contributed by atoms with van der Waals surface area (Å²) in [5.41, 5.74) is 5.21. The fraction of sp³-hybridized carbons (Fsp3) is 0.478. The first-order valence-electron chi connectivity index (χ1n) is 11.0. The molecule has 3 aliphatic rings. The molecule has 1 aromatic heterocycles. The predicted octanol–water partition coefficient (Wildman–Crippen LogP) is 4.94. The maximum absolute atomic E-state index is 14.2. The van der Waals surface area contributed by atoms with Gasteiger partial charge in [0.15, 0.2) is 0 Å². The molecule has 0 spiro atoms. The van der Waals surface area contributed by atoms with E-state index in [1.165, 1.54) is 6.07 Å². The quantitative estimate of drug-likeness (QED) is 0.588. The molecule has 0 radical (unpaired) electrons. The molecule has 0 bridgehead atoms. The van der Waals surface area contributed by atoms with Crippen LogP contribution in [0.15, 0.2) is 28.4 Å². The second-order valence-electron chi connectivity index (χ2n) is 8.85. The fourth-order valence-corrected chi connectivity index (χ4v) is 5.62. The number of rotatable bonds is 4. The van der Waals surface area contributed by atoms with Gasteiger partial charge < -0.3 is 9.80 Å². The molecule has 1 unspecified atom stereocenters. The summed E-state index contributed by atoms with van der Waals surface area (Å²) in [5, 5.41) is 18.4. The van der Waals surface area contributed by atoms with Crippen molar-refractivity contribution in [2.75, 3.05) is 31.6 Å². The topological polar surface area (TPSA) is 57.0 Å². The van der Waals surface area contributed by atoms with Gasteiger partial charge in [-0.1, -0.05) is 23.2 Å². The van der Waals surface area contributed by atoms with Crippen LogP contribution in [0.3, 0.4) is 0 Å². The highest BCUT2D eigenvalue weighted by molar-refractivity contribution is 6.36. The van der Waals surface area contributed by atoms with E-state index in [-0.39, 0.29) is 11.1 Å². The van der Waals surface area contributed by atoms with Crippen molar-refractivity contribution in [1.82, 2.24) is 15.1 Å². The fourth-order valence-electron chi connectivity index (χ4n) is 4.94. The van der Waals surface area contributed by atoms with Gasteiger partial charge in [-0.25, -0.2) is 4.39 Å². The van der Waals surface area contributed by atoms with Gasteiger partial charge in [0.2, 0.25) is 0 Å². The molecule has 6 nitrogen and oxygen atoms in total. The van der Waals surface area contributed by atoms with Gasteiger partial charge in [-0.2, -0.15) is 15.3 Å². The lowest BCUT2D eigenvalue weighted by Gasteiger charge is -2.36. The minimum atomic E-state index is -0.466. The Morgan fingerprint density at radius 2 is 2.00 bits per heavy atom. The summed E-state index contributed by atoms with van der Waals surface area (Å²) in [7, 11) is 2.14. The first kappa shape index (κ1) is 21.7. The maximum atomic E-state index is 14.2. The molecule has 4 heterocycles. The molecular weight excluding hydrogens is 450 g/mol. The predicted molar refractivity (Wildman–Crippen MR) is 127 cm³/mol. The van der Waals surface area contributed by atoms with Crippen LogP contribution in [-0.2, 0) is 6.42 Å². The molecule has 0 N–H and O–H groups in total. The number of hydrogen-bond donors (Lipinski definition) is 0. The van der Waals surface area contributed by atoms with E-state index in [1.54, 1.807) is 6.07 Å². The highest BCUT2D eigenvalue weighted by Crippen LogP contribution is 2.40. The van der Waals surface area contributed by atoms with E-state index in [2.05, 4.69) is 37.2 Å². The van der Waals surface area contributed by atoms with E-state index < -0.39 is 5.82 Å². The van der Waals surface area contributed by atoms with Crippen LogP contribution < -0.4 is 4.90 Å². The monoisotopic (exact) mass is 474 g/mol. The third-order valence-electron chi connectivity index (χ3n) is 6.74. The number of aryl methyl sites for hydroxylation is 1. The lowest BCUT2D eigenvalue weighted by Crippen LogP contribution is -2.33. The zero-order valence-corrected chi connectivity index (χ0v) is 19.7. The molecule has 5 rings (SSSR count). The summed E-state index contributed by atoms with van der Waals surface area (Å²) in [4.78, 5) is 4.51. The average molecular weight is 475 g/mol. The van der Waals surface area contributed by atoms with Crippen molar-refractivity contribution < 1.29 is 4.39 Å². The Hall–Kier alpha value is -2.09. The molecule has 1 fully saturated rings. The zero-order chi connectivity index (χ0) is 22.4. The molecule has 1 aromatic carbocycles. The van der Waals surface area contributed by atoms with E-state index in [9.17, 15) is 4.39 Å². The lowest BCUT2D eigenvalue weighted by atomic mass is 9.96. The van der Waals surface area contributed by atoms with Gasteiger partial charge in [-0.15, -0.1) is 5.10 Å². The molecule has 2 atom stereocenters. The summed E-state index contributed by atoms with van der Waals surface area (Å²) in [6, 6.07) is 4.68. The van der Waals surface area contributed by atoms with Gasteiger partial charge >= 0.3 is 0 Å². The Bertz CT molecular complexity index is 1120. The van der Waals surface area contributed by atoms with E-state index in [1.807, 2.05) is 13.0 Å². The molecule has 2 aromatic rings. The minimum absolute atomic E-state index is 0.0686. The first-order valence-corrected chi connectivity index (χ1v) is 11.8. The number of likely N-dealkylation sites (tertiary alicyclic amines) is 1. The number of anilines is 1. The van der Waals surface area contributed by atoms with Crippen LogP contribution in [0, 0.1) is 11.7 Å². The first-order chi connectivity index (χ1) is 15.4. The van der Waals surface area contributed by atoms with Crippen molar-refractivity contribution in [2.45, 2.75) is 38.6 Å². The third-order valence-corrected chi connectivity index (χ3v) is 7.45. The molecule has 168 valence electrons. The summed E-state index contributed by atoms with van der Waals surface area (Å²) in [6.07, 6.45) is 3.61. The second kappa shape index (κ2) is 8.69. The van der Waals surface area contributed by atoms with Crippen LogP contribution in [0.2, 0.25) is 10.0 Å². The van der Waals surface area contributed by atoms with Crippen LogP contribution >= 0.6 is 23.2 Å². The zero-order valence-electron chi connectivity index (χ0n) is 18.2. The van der Waals surface area contributed by atoms with E-state index >= 15 is 0 Å². The lowest BCUT2D eigenvalue weighted by molar-refractivity contribution is 0.410. The molecule has 3 aliphatic heterocycles. The smallest absolute Gasteiger partial charge is 0.142 e. The molecule has 0 aliphatic carbocycles. The van der Waals surface area contributed by atoms with Gasteiger partial charge in [0.25, 0.3) is 0 Å². The van der Waals surface area contributed by atoms with Gasteiger partial charge in [0.1, 0.15) is 11.5 Å². The van der Waals surface area contributed by atoms with Crippen molar-refractivity contribution in [3.05, 3.63) is 51.0 Å². The Morgan fingerprint density at radius 1 is 1.16 bits per heavy atom. The van der Waals surface area contributed by atoms with Crippen LogP contribution in [0.5, 0.6) is 0 Å². The van der Waals surface area contributed by atoms with Crippen molar-refractivity contribution in [2.24, 2.45) is 16.1 Å². The Morgan fingerprint density at radius 3 is 2.78 bits per heavy atom. The third kappa shape index (κ3) is 3.91. The second-order valence-corrected chi connectivity index (χ2v) is 9.64. The summed E-state index contributed by atoms with van der Waals surface area (Å²) in [5.74, 6) is -0.00754. The van der Waals surface area contributed by atoms with Gasteiger partial charge in [-0.05, 0) is 58.0 Å². The van der Waals surface area contributed by atoms with Gasteiger partial charge in [-0.3, -0.25) is 0 Å². The number of fused-ring (bicyclic) bond motifs is 1. The number of hydrogen-bond acceptors (Lipinski definition) is 6. The summed E-state index contributed by atoms with van der Waals surface area (Å²) < 4.78 is 14.2. The van der Waals surface area contributed by atoms with Crippen molar-refractivity contribution >= 4 is 40.3 Å². The number of nitrogens with zero attached hydrogens (tertiary/aromatic N) is 6. The summed E-state index contributed by atoms with van der Waals surface area (Å²) in [6.45, 7) is 4.91. The molecule has 0 amide bonds. The highest BCUT2D eigenvalue weighted by Gasteiger charge is 2.31. The van der Waals surface area contributed by atoms with E-state index in [0.29, 0.717) is 22.9 Å². The normalized spacial score (nSPS) is 22.0. The minimum Gasteiger partial charge on any atom is -0.363 e. The van der Waals surface area contributed by atoms with Crippen molar-refractivity contribution in [3.63, 3.8) is 0 Å². The highest BCUT2D eigenvalue weighted by atomic mass is 35.5. The largest absolute Gasteiger partial charge is 0.363 e. The Kier molecular flexibility index (Phi) is 5.90. The molecule has 9 heteroatoms.